The number of benzene rings is 1. The van der Waals surface area contributed by atoms with Crippen LogP contribution in [0.1, 0.15) is 12.5 Å². The Morgan fingerprint density at radius 1 is 1.64 bits per heavy atom. The molecular formula is C10H10N2O2. The predicted molar refractivity (Wildman–Crippen MR) is 51.5 cm³/mol. The van der Waals surface area contributed by atoms with E-state index >= 15 is 0 Å². The van der Waals surface area contributed by atoms with Crippen LogP contribution in [0.3, 0.4) is 0 Å². The molecule has 14 heavy (non-hydrogen) atoms. The van der Waals surface area contributed by atoms with E-state index in [0.717, 1.165) is 5.56 Å². The summed E-state index contributed by atoms with van der Waals surface area (Å²) in [5.41, 5.74) is 1.27. The van der Waals surface area contributed by atoms with Crippen LogP contribution in [0, 0.1) is 11.3 Å². The average Bonchev–Trinajstić information content (AvgIpc) is 2.25. The molecule has 0 atom stereocenters. The van der Waals surface area contributed by atoms with Gasteiger partial charge >= 0.3 is 0 Å². The molecule has 0 heterocycles. The monoisotopic (exact) mass is 190 g/mol. The molecule has 0 aromatic heterocycles. The minimum absolute atomic E-state index is 0.0127. The van der Waals surface area contributed by atoms with Crippen LogP contribution in [0.5, 0.6) is 5.75 Å². The van der Waals surface area contributed by atoms with Gasteiger partial charge in [-0.3, -0.25) is 0 Å². The quantitative estimate of drug-likeness (QED) is 0.449. The highest BCUT2D eigenvalue weighted by molar-refractivity contribution is 5.98. The van der Waals surface area contributed by atoms with Crippen molar-refractivity contribution in [2.45, 2.75) is 6.92 Å². The molecule has 1 rings (SSSR count). The second-order valence-corrected chi connectivity index (χ2v) is 2.66. The lowest BCUT2D eigenvalue weighted by molar-refractivity contribution is 0.319. The number of rotatable bonds is 3. The van der Waals surface area contributed by atoms with Crippen molar-refractivity contribution < 1.29 is 9.94 Å². The highest BCUT2D eigenvalue weighted by Gasteiger charge is 1.99. The van der Waals surface area contributed by atoms with E-state index in [9.17, 15) is 0 Å². The van der Waals surface area contributed by atoms with Crippen LogP contribution >= 0.6 is 0 Å². The molecule has 4 nitrogen and oxygen atoms in total. The molecule has 0 aliphatic rings. The van der Waals surface area contributed by atoms with E-state index in [4.69, 9.17) is 15.2 Å². The predicted octanol–water partition coefficient (Wildman–Crippen LogP) is 1.79. The van der Waals surface area contributed by atoms with Gasteiger partial charge in [-0.1, -0.05) is 17.3 Å². The maximum atomic E-state index is 8.55. The summed E-state index contributed by atoms with van der Waals surface area (Å²) in [5.74, 6) is 0.590. The third kappa shape index (κ3) is 2.49. The SMILES string of the molecule is C/C(=N\O)c1cccc(OCC#N)c1. The maximum absolute atomic E-state index is 8.55. The molecule has 1 aromatic carbocycles. The number of oxime groups is 1. The van der Waals surface area contributed by atoms with E-state index in [0.29, 0.717) is 11.5 Å². The first-order chi connectivity index (χ1) is 6.77. The summed E-state index contributed by atoms with van der Waals surface area (Å²) in [6.45, 7) is 1.70. The molecule has 0 aliphatic carbocycles. The van der Waals surface area contributed by atoms with Crippen LogP contribution in [0.2, 0.25) is 0 Å². The van der Waals surface area contributed by atoms with Gasteiger partial charge in [0.25, 0.3) is 0 Å². The van der Waals surface area contributed by atoms with Gasteiger partial charge in [0.05, 0.1) is 5.71 Å². The van der Waals surface area contributed by atoms with Gasteiger partial charge in [0.2, 0.25) is 0 Å². The first-order valence-electron chi connectivity index (χ1n) is 4.06. The molecule has 0 bridgehead atoms. The molecule has 0 aliphatic heterocycles. The molecule has 0 saturated carbocycles. The number of hydrogen-bond acceptors (Lipinski definition) is 4. The van der Waals surface area contributed by atoms with Crippen LogP contribution in [0.4, 0.5) is 0 Å². The second kappa shape index (κ2) is 4.87. The Morgan fingerprint density at radius 3 is 3.07 bits per heavy atom. The van der Waals surface area contributed by atoms with Crippen LogP contribution in [0.25, 0.3) is 0 Å². The Kier molecular flexibility index (Phi) is 3.50. The molecule has 72 valence electrons. The summed E-state index contributed by atoms with van der Waals surface area (Å²) in [7, 11) is 0. The number of nitriles is 1. The number of hydrogen-bond donors (Lipinski definition) is 1. The van der Waals surface area contributed by atoms with Crippen molar-refractivity contribution in [1.29, 1.82) is 5.26 Å². The van der Waals surface area contributed by atoms with Gasteiger partial charge in [-0.05, 0) is 19.1 Å². The minimum atomic E-state index is 0.0127. The summed E-state index contributed by atoms with van der Waals surface area (Å²) in [4.78, 5) is 0. The van der Waals surface area contributed by atoms with Crippen LogP contribution in [0.15, 0.2) is 29.4 Å². The zero-order chi connectivity index (χ0) is 10.4. The fourth-order valence-electron chi connectivity index (χ4n) is 0.984. The van der Waals surface area contributed by atoms with Crippen molar-refractivity contribution in [2.75, 3.05) is 6.61 Å². The van der Waals surface area contributed by atoms with Crippen molar-refractivity contribution >= 4 is 5.71 Å². The molecular weight excluding hydrogens is 180 g/mol. The van der Waals surface area contributed by atoms with E-state index in [1.807, 2.05) is 6.07 Å². The van der Waals surface area contributed by atoms with Gasteiger partial charge in [-0.2, -0.15) is 5.26 Å². The third-order valence-electron chi connectivity index (χ3n) is 1.71. The molecule has 0 fully saturated rings. The van der Waals surface area contributed by atoms with Crippen molar-refractivity contribution in [2.24, 2.45) is 5.16 Å². The van der Waals surface area contributed by atoms with Crippen molar-refractivity contribution in [3.8, 4) is 11.8 Å². The van der Waals surface area contributed by atoms with Gasteiger partial charge in [0.1, 0.15) is 11.8 Å². The lowest BCUT2D eigenvalue weighted by Crippen LogP contribution is -1.97. The van der Waals surface area contributed by atoms with Gasteiger partial charge < -0.3 is 9.94 Å². The normalized spacial score (nSPS) is 10.7. The van der Waals surface area contributed by atoms with Crippen LogP contribution < -0.4 is 4.74 Å². The number of ether oxygens (including phenoxy) is 1. The highest BCUT2D eigenvalue weighted by atomic mass is 16.5. The van der Waals surface area contributed by atoms with Crippen LogP contribution in [-0.2, 0) is 0 Å². The van der Waals surface area contributed by atoms with Gasteiger partial charge in [-0.25, -0.2) is 0 Å². The molecule has 4 heteroatoms. The minimum Gasteiger partial charge on any atom is -0.479 e. The lowest BCUT2D eigenvalue weighted by atomic mass is 10.1. The Hall–Kier alpha value is -2.02. The van der Waals surface area contributed by atoms with E-state index in [2.05, 4.69) is 5.16 Å². The third-order valence-corrected chi connectivity index (χ3v) is 1.71. The van der Waals surface area contributed by atoms with Crippen molar-refractivity contribution in [3.63, 3.8) is 0 Å². The van der Waals surface area contributed by atoms with Gasteiger partial charge in [-0.15, -0.1) is 0 Å². The van der Waals surface area contributed by atoms with Gasteiger partial charge in [0.15, 0.2) is 6.61 Å². The zero-order valence-electron chi connectivity index (χ0n) is 7.77. The Balaban J connectivity index is 2.85. The fourth-order valence-corrected chi connectivity index (χ4v) is 0.984. The topological polar surface area (TPSA) is 65.6 Å². The molecule has 0 spiro atoms. The Morgan fingerprint density at radius 2 is 2.43 bits per heavy atom. The molecule has 1 aromatic rings. The first kappa shape index (κ1) is 10.1. The summed E-state index contributed by atoms with van der Waals surface area (Å²) >= 11 is 0. The smallest absolute Gasteiger partial charge is 0.174 e. The fraction of sp³-hybridized carbons (Fsp3) is 0.200. The van der Waals surface area contributed by atoms with Crippen LogP contribution in [-0.4, -0.2) is 17.5 Å². The molecule has 0 unspecified atom stereocenters. The summed E-state index contributed by atoms with van der Waals surface area (Å²) < 4.78 is 5.09. The first-order valence-corrected chi connectivity index (χ1v) is 4.06. The van der Waals surface area contributed by atoms with E-state index in [-0.39, 0.29) is 6.61 Å². The lowest BCUT2D eigenvalue weighted by Gasteiger charge is -2.03. The maximum Gasteiger partial charge on any atom is 0.174 e. The zero-order valence-corrected chi connectivity index (χ0v) is 7.77. The Bertz CT molecular complexity index is 380. The second-order valence-electron chi connectivity index (χ2n) is 2.66. The average molecular weight is 190 g/mol. The van der Waals surface area contributed by atoms with E-state index in [1.165, 1.54) is 0 Å². The summed E-state index contributed by atoms with van der Waals surface area (Å²) in [6.07, 6.45) is 0. The molecule has 0 saturated heterocycles. The molecule has 0 radical (unpaired) electrons. The summed E-state index contributed by atoms with van der Waals surface area (Å²) in [5, 5.41) is 19.9. The highest BCUT2D eigenvalue weighted by Crippen LogP contribution is 2.13. The van der Waals surface area contributed by atoms with E-state index < -0.39 is 0 Å². The van der Waals surface area contributed by atoms with E-state index in [1.54, 1.807) is 31.2 Å². The Labute approximate surface area is 82.0 Å². The van der Waals surface area contributed by atoms with Crippen molar-refractivity contribution in [3.05, 3.63) is 29.8 Å². The molecule has 0 amide bonds. The number of nitrogens with zero attached hydrogens (tertiary/aromatic N) is 2. The summed E-state index contributed by atoms with van der Waals surface area (Å²) in [6, 6.07) is 8.91. The molecule has 1 N–H and O–H groups in total. The standard InChI is InChI=1S/C10H10N2O2/c1-8(12-13)9-3-2-4-10(7-9)14-6-5-11/h2-4,7,13H,6H2,1H3/b12-8+. The van der Waals surface area contributed by atoms with Gasteiger partial charge in [0, 0.05) is 5.56 Å². The largest absolute Gasteiger partial charge is 0.479 e. The van der Waals surface area contributed by atoms with Crippen molar-refractivity contribution in [1.82, 2.24) is 0 Å².